The maximum atomic E-state index is 12.6. The van der Waals surface area contributed by atoms with Gasteiger partial charge in [-0.2, -0.15) is 0 Å². The van der Waals surface area contributed by atoms with Gasteiger partial charge in [0.1, 0.15) is 0 Å². The van der Waals surface area contributed by atoms with Crippen LogP contribution >= 0.6 is 11.8 Å². The second-order valence-electron chi connectivity index (χ2n) is 6.71. The fraction of sp³-hybridized carbons (Fsp3) is 0.300. The molecule has 0 aliphatic carbocycles. The Bertz CT molecular complexity index is 1110. The highest BCUT2D eigenvalue weighted by Gasteiger charge is 2.20. The average Bonchev–Trinajstić information content (AvgIpc) is 3.02. The summed E-state index contributed by atoms with van der Waals surface area (Å²) >= 11 is 1.35. The van der Waals surface area contributed by atoms with E-state index in [2.05, 4.69) is 17.2 Å². The number of nitrogens with one attached hydrogen (secondary N) is 1. The SMILES string of the molecule is CCCCn1c(S[C@H](C)C(=O)Nc2ccccc2)nc2cc(S(N)(=O)=O)ccc21. The highest BCUT2D eigenvalue weighted by Crippen LogP contribution is 2.29. The lowest BCUT2D eigenvalue weighted by Gasteiger charge is -2.13. The van der Waals surface area contributed by atoms with Crippen LogP contribution in [0.15, 0.2) is 58.6 Å². The molecule has 3 N–H and O–H groups in total. The summed E-state index contributed by atoms with van der Waals surface area (Å²) in [6, 6.07) is 14.0. The highest BCUT2D eigenvalue weighted by molar-refractivity contribution is 8.00. The first-order valence-corrected chi connectivity index (χ1v) is 11.8. The van der Waals surface area contributed by atoms with Gasteiger partial charge in [-0.3, -0.25) is 4.79 Å². The molecule has 29 heavy (non-hydrogen) atoms. The number of rotatable bonds is 8. The van der Waals surface area contributed by atoms with Gasteiger partial charge in [0.2, 0.25) is 15.9 Å². The number of carbonyl (C=O) groups is 1. The molecule has 0 bridgehead atoms. The average molecular weight is 433 g/mol. The number of hydrogen-bond donors (Lipinski definition) is 2. The molecular weight excluding hydrogens is 408 g/mol. The number of anilines is 1. The number of fused-ring (bicyclic) bond motifs is 1. The molecule has 3 aromatic rings. The Hall–Kier alpha value is -2.36. The lowest BCUT2D eigenvalue weighted by Crippen LogP contribution is -2.22. The van der Waals surface area contributed by atoms with Crippen LogP contribution in [-0.2, 0) is 21.4 Å². The van der Waals surface area contributed by atoms with E-state index >= 15 is 0 Å². The number of nitrogens with two attached hydrogens (primary N) is 1. The van der Waals surface area contributed by atoms with Gasteiger partial charge in [-0.05, 0) is 43.7 Å². The smallest absolute Gasteiger partial charge is 0.238 e. The Morgan fingerprint density at radius 1 is 1.24 bits per heavy atom. The van der Waals surface area contributed by atoms with E-state index in [1.54, 1.807) is 6.07 Å². The largest absolute Gasteiger partial charge is 0.325 e. The number of aromatic nitrogens is 2. The van der Waals surface area contributed by atoms with E-state index in [0.29, 0.717) is 10.7 Å². The highest BCUT2D eigenvalue weighted by atomic mass is 32.2. The van der Waals surface area contributed by atoms with Gasteiger partial charge in [0, 0.05) is 12.2 Å². The van der Waals surface area contributed by atoms with Crippen molar-refractivity contribution < 1.29 is 13.2 Å². The molecule has 0 unspecified atom stereocenters. The predicted molar refractivity (Wildman–Crippen MR) is 116 cm³/mol. The molecular formula is C20H24N4O3S2. The van der Waals surface area contributed by atoms with Crippen LogP contribution in [0.4, 0.5) is 5.69 Å². The van der Waals surface area contributed by atoms with Crippen LogP contribution in [0.3, 0.4) is 0 Å². The zero-order valence-electron chi connectivity index (χ0n) is 16.3. The molecule has 0 aliphatic rings. The van der Waals surface area contributed by atoms with Crippen molar-refractivity contribution in [3.05, 3.63) is 48.5 Å². The lowest BCUT2D eigenvalue weighted by atomic mass is 10.3. The minimum absolute atomic E-state index is 0.0246. The fourth-order valence-corrected chi connectivity index (χ4v) is 4.35. The van der Waals surface area contributed by atoms with Crippen LogP contribution in [0.5, 0.6) is 0 Å². The number of primary sulfonamides is 1. The van der Waals surface area contributed by atoms with Gasteiger partial charge in [0.15, 0.2) is 5.16 Å². The molecule has 2 aromatic carbocycles. The number of sulfonamides is 1. The Morgan fingerprint density at radius 2 is 1.97 bits per heavy atom. The lowest BCUT2D eigenvalue weighted by molar-refractivity contribution is -0.115. The summed E-state index contributed by atoms with van der Waals surface area (Å²) in [7, 11) is -3.81. The van der Waals surface area contributed by atoms with E-state index in [0.717, 1.165) is 30.6 Å². The van der Waals surface area contributed by atoms with E-state index in [9.17, 15) is 13.2 Å². The zero-order valence-corrected chi connectivity index (χ0v) is 18.0. The Kier molecular flexibility index (Phi) is 6.61. The number of thioether (sulfide) groups is 1. The fourth-order valence-electron chi connectivity index (χ4n) is 2.86. The van der Waals surface area contributed by atoms with E-state index in [1.807, 2.05) is 41.8 Å². The van der Waals surface area contributed by atoms with Crippen LogP contribution in [0.25, 0.3) is 11.0 Å². The van der Waals surface area contributed by atoms with Crippen molar-refractivity contribution >= 4 is 44.4 Å². The van der Waals surface area contributed by atoms with E-state index in [1.165, 1.54) is 23.9 Å². The van der Waals surface area contributed by atoms with Gasteiger partial charge < -0.3 is 9.88 Å². The number of unbranched alkanes of at least 4 members (excludes halogenated alkanes) is 1. The Morgan fingerprint density at radius 3 is 2.62 bits per heavy atom. The summed E-state index contributed by atoms with van der Waals surface area (Å²) in [5.74, 6) is -0.125. The third-order valence-corrected chi connectivity index (χ3v) is 6.44. The molecule has 154 valence electrons. The third kappa shape index (κ3) is 5.17. The molecule has 0 radical (unpaired) electrons. The molecule has 0 saturated carbocycles. The van der Waals surface area contributed by atoms with Gasteiger partial charge in [-0.15, -0.1) is 0 Å². The van der Waals surface area contributed by atoms with Crippen molar-refractivity contribution in [3.8, 4) is 0 Å². The van der Waals surface area contributed by atoms with Crippen LogP contribution in [0.1, 0.15) is 26.7 Å². The molecule has 1 atom stereocenters. The number of carbonyl (C=O) groups excluding carboxylic acids is 1. The predicted octanol–water partition coefficient (Wildman–Crippen LogP) is 3.60. The number of nitrogens with zero attached hydrogens (tertiary/aromatic N) is 2. The maximum Gasteiger partial charge on any atom is 0.238 e. The van der Waals surface area contributed by atoms with Crippen molar-refractivity contribution in [2.45, 2.75) is 48.5 Å². The summed E-state index contributed by atoms with van der Waals surface area (Å²) in [5, 5.41) is 8.43. The van der Waals surface area contributed by atoms with Gasteiger partial charge in [0.05, 0.1) is 21.2 Å². The third-order valence-electron chi connectivity index (χ3n) is 4.44. The van der Waals surface area contributed by atoms with Gasteiger partial charge >= 0.3 is 0 Å². The number of benzene rings is 2. The summed E-state index contributed by atoms with van der Waals surface area (Å²) in [6.07, 6.45) is 1.95. The summed E-state index contributed by atoms with van der Waals surface area (Å²) < 4.78 is 25.4. The van der Waals surface area contributed by atoms with Crippen molar-refractivity contribution in [1.82, 2.24) is 9.55 Å². The molecule has 7 nitrogen and oxygen atoms in total. The Labute approximate surface area is 174 Å². The van der Waals surface area contributed by atoms with E-state index in [4.69, 9.17) is 5.14 Å². The normalized spacial score (nSPS) is 12.8. The molecule has 1 aromatic heterocycles. The maximum absolute atomic E-state index is 12.6. The van der Waals surface area contributed by atoms with Crippen molar-refractivity contribution in [2.75, 3.05) is 5.32 Å². The molecule has 3 rings (SSSR count). The number of aryl methyl sites for hydroxylation is 1. The minimum Gasteiger partial charge on any atom is -0.325 e. The number of hydrogen-bond acceptors (Lipinski definition) is 5. The van der Waals surface area contributed by atoms with Crippen molar-refractivity contribution in [1.29, 1.82) is 0 Å². The summed E-state index contributed by atoms with van der Waals surface area (Å²) in [6.45, 7) is 4.65. The first-order chi connectivity index (χ1) is 13.8. The molecule has 0 spiro atoms. The van der Waals surface area contributed by atoms with Crippen LogP contribution in [0.2, 0.25) is 0 Å². The van der Waals surface area contributed by atoms with Gasteiger partial charge in [-0.1, -0.05) is 43.3 Å². The molecule has 0 fully saturated rings. The Balaban J connectivity index is 1.89. The molecule has 0 saturated heterocycles. The minimum atomic E-state index is -3.81. The van der Waals surface area contributed by atoms with Crippen LogP contribution in [-0.4, -0.2) is 29.1 Å². The van der Waals surface area contributed by atoms with Crippen LogP contribution < -0.4 is 10.5 Å². The van der Waals surface area contributed by atoms with Crippen molar-refractivity contribution in [3.63, 3.8) is 0 Å². The quantitative estimate of drug-likeness (QED) is 0.529. The van der Waals surface area contributed by atoms with E-state index in [-0.39, 0.29) is 16.1 Å². The number of para-hydroxylation sites is 1. The summed E-state index contributed by atoms with van der Waals surface area (Å²) in [4.78, 5) is 17.2. The standard InChI is InChI=1S/C20H24N4O3S2/c1-3-4-12-24-18-11-10-16(29(21,26)27)13-17(18)23-20(24)28-14(2)19(25)22-15-8-6-5-7-9-15/h5-11,13-14H,3-4,12H2,1-2H3,(H,22,25)(H2,21,26,27)/t14-/m1/s1. The molecule has 1 heterocycles. The molecule has 0 aliphatic heterocycles. The first-order valence-electron chi connectivity index (χ1n) is 9.35. The monoisotopic (exact) mass is 432 g/mol. The number of imidazole rings is 1. The van der Waals surface area contributed by atoms with Gasteiger partial charge in [0.25, 0.3) is 0 Å². The molecule has 1 amide bonds. The topological polar surface area (TPSA) is 107 Å². The van der Waals surface area contributed by atoms with Crippen molar-refractivity contribution in [2.24, 2.45) is 5.14 Å². The van der Waals surface area contributed by atoms with E-state index < -0.39 is 10.0 Å². The van der Waals surface area contributed by atoms with Gasteiger partial charge in [-0.25, -0.2) is 18.5 Å². The molecule has 9 heteroatoms. The van der Waals surface area contributed by atoms with Crippen LogP contribution in [0, 0.1) is 0 Å². The zero-order chi connectivity index (χ0) is 21.0. The first kappa shape index (κ1) is 21.4. The second-order valence-corrected chi connectivity index (χ2v) is 9.58. The summed E-state index contributed by atoms with van der Waals surface area (Å²) in [5.41, 5.74) is 2.11. The number of amides is 1. The second kappa shape index (κ2) is 8.98.